The standard InChI is InChI=1S/C11H12N2O5/c14-10(12-6-5-11(15)16)7-8-1-3-9(4-2-8)13(17)18/h1-4H,5-7H2,(H,12,14)(H,15,16). The van der Waals surface area contributed by atoms with Gasteiger partial charge in [0.1, 0.15) is 0 Å². The summed E-state index contributed by atoms with van der Waals surface area (Å²) in [6.45, 7) is 0.0706. The average Bonchev–Trinajstić information content (AvgIpc) is 2.29. The van der Waals surface area contributed by atoms with E-state index in [1.807, 2.05) is 0 Å². The molecule has 0 spiro atoms. The fourth-order valence-electron chi connectivity index (χ4n) is 1.29. The number of carbonyl (C=O) groups excluding carboxylic acids is 1. The van der Waals surface area contributed by atoms with Crippen LogP contribution in [-0.2, 0) is 16.0 Å². The van der Waals surface area contributed by atoms with E-state index < -0.39 is 10.9 Å². The number of nitro groups is 1. The van der Waals surface area contributed by atoms with Gasteiger partial charge in [-0.25, -0.2) is 0 Å². The van der Waals surface area contributed by atoms with Crippen LogP contribution < -0.4 is 5.32 Å². The Morgan fingerprint density at radius 3 is 2.39 bits per heavy atom. The fraction of sp³-hybridized carbons (Fsp3) is 0.273. The van der Waals surface area contributed by atoms with Crippen molar-refractivity contribution < 1.29 is 19.6 Å². The van der Waals surface area contributed by atoms with Gasteiger partial charge < -0.3 is 10.4 Å². The molecule has 2 N–H and O–H groups in total. The molecule has 1 aromatic carbocycles. The van der Waals surface area contributed by atoms with Crippen molar-refractivity contribution in [3.63, 3.8) is 0 Å². The first-order valence-electron chi connectivity index (χ1n) is 5.21. The van der Waals surface area contributed by atoms with Gasteiger partial charge in [0, 0.05) is 18.7 Å². The number of hydrogen-bond donors (Lipinski definition) is 2. The Balaban J connectivity index is 2.44. The maximum atomic E-state index is 11.4. The number of aliphatic carboxylic acids is 1. The summed E-state index contributed by atoms with van der Waals surface area (Å²) in [5.74, 6) is -1.30. The molecule has 0 heterocycles. The normalized spacial score (nSPS) is 9.78. The number of nitrogens with one attached hydrogen (secondary N) is 1. The number of nitrogens with zero attached hydrogens (tertiary/aromatic N) is 1. The minimum Gasteiger partial charge on any atom is -0.481 e. The molecule has 1 amide bonds. The highest BCUT2D eigenvalue weighted by atomic mass is 16.6. The molecule has 0 fully saturated rings. The Hall–Kier alpha value is -2.44. The van der Waals surface area contributed by atoms with Gasteiger partial charge in [-0.2, -0.15) is 0 Å². The van der Waals surface area contributed by atoms with Gasteiger partial charge >= 0.3 is 5.97 Å². The molecule has 0 aliphatic rings. The van der Waals surface area contributed by atoms with E-state index in [1.54, 1.807) is 0 Å². The third-order valence-corrected chi connectivity index (χ3v) is 2.17. The molecule has 1 rings (SSSR count). The zero-order valence-electron chi connectivity index (χ0n) is 9.46. The summed E-state index contributed by atoms with van der Waals surface area (Å²) in [5.41, 5.74) is 0.596. The summed E-state index contributed by atoms with van der Waals surface area (Å²) < 4.78 is 0. The van der Waals surface area contributed by atoms with Crippen molar-refractivity contribution in [2.24, 2.45) is 0 Å². The van der Waals surface area contributed by atoms with Crippen LogP contribution in [0.15, 0.2) is 24.3 Å². The molecule has 1 aromatic rings. The number of non-ortho nitro benzene ring substituents is 1. The Kier molecular flexibility index (Phi) is 4.79. The van der Waals surface area contributed by atoms with Crippen LogP contribution in [0.25, 0.3) is 0 Å². The molecule has 18 heavy (non-hydrogen) atoms. The zero-order valence-corrected chi connectivity index (χ0v) is 9.46. The van der Waals surface area contributed by atoms with Crippen LogP contribution in [0.2, 0.25) is 0 Å². The van der Waals surface area contributed by atoms with E-state index >= 15 is 0 Å². The second kappa shape index (κ2) is 6.33. The van der Waals surface area contributed by atoms with Gasteiger partial charge in [0.05, 0.1) is 17.8 Å². The molecular formula is C11H12N2O5. The van der Waals surface area contributed by atoms with Crippen molar-refractivity contribution in [2.75, 3.05) is 6.54 Å². The fourth-order valence-corrected chi connectivity index (χ4v) is 1.29. The average molecular weight is 252 g/mol. The summed E-state index contributed by atoms with van der Waals surface area (Å²) in [6.07, 6.45) is -0.0659. The quantitative estimate of drug-likeness (QED) is 0.572. The predicted molar refractivity (Wildman–Crippen MR) is 62.1 cm³/mol. The van der Waals surface area contributed by atoms with E-state index in [4.69, 9.17) is 5.11 Å². The summed E-state index contributed by atoms with van der Waals surface area (Å²) >= 11 is 0. The van der Waals surface area contributed by atoms with Crippen LogP contribution in [0.3, 0.4) is 0 Å². The van der Waals surface area contributed by atoms with Crippen LogP contribution in [0.5, 0.6) is 0 Å². The van der Waals surface area contributed by atoms with Crippen molar-refractivity contribution in [3.05, 3.63) is 39.9 Å². The number of amides is 1. The van der Waals surface area contributed by atoms with Gasteiger partial charge in [-0.05, 0) is 5.56 Å². The van der Waals surface area contributed by atoms with Gasteiger partial charge in [0.2, 0.25) is 5.91 Å². The Bertz CT molecular complexity index is 455. The van der Waals surface area contributed by atoms with Crippen LogP contribution in [0.1, 0.15) is 12.0 Å². The molecule has 96 valence electrons. The third kappa shape index (κ3) is 4.60. The lowest BCUT2D eigenvalue weighted by molar-refractivity contribution is -0.384. The van der Waals surface area contributed by atoms with Crippen LogP contribution in [-0.4, -0.2) is 28.5 Å². The predicted octanol–water partition coefficient (Wildman–Crippen LogP) is 0.728. The van der Waals surface area contributed by atoms with Gasteiger partial charge in [0.25, 0.3) is 5.69 Å². The van der Waals surface area contributed by atoms with E-state index in [2.05, 4.69) is 5.32 Å². The number of rotatable bonds is 6. The van der Waals surface area contributed by atoms with Crippen molar-refractivity contribution in [2.45, 2.75) is 12.8 Å². The molecule has 0 aliphatic heterocycles. The van der Waals surface area contributed by atoms with Gasteiger partial charge in [0.15, 0.2) is 0 Å². The monoisotopic (exact) mass is 252 g/mol. The van der Waals surface area contributed by atoms with Gasteiger partial charge in [-0.3, -0.25) is 19.7 Å². The molecular weight excluding hydrogens is 240 g/mol. The lowest BCUT2D eigenvalue weighted by Gasteiger charge is -2.03. The highest BCUT2D eigenvalue weighted by Gasteiger charge is 2.07. The molecule has 0 aromatic heterocycles. The van der Waals surface area contributed by atoms with E-state index in [9.17, 15) is 19.7 Å². The topological polar surface area (TPSA) is 110 Å². The largest absolute Gasteiger partial charge is 0.481 e. The minimum atomic E-state index is -0.981. The number of hydrogen-bond acceptors (Lipinski definition) is 4. The first-order valence-corrected chi connectivity index (χ1v) is 5.21. The number of nitro benzene ring substituents is 1. The van der Waals surface area contributed by atoms with E-state index in [-0.39, 0.29) is 31.0 Å². The van der Waals surface area contributed by atoms with Crippen molar-refractivity contribution >= 4 is 17.6 Å². The molecule has 0 saturated carbocycles. The van der Waals surface area contributed by atoms with E-state index in [0.29, 0.717) is 5.56 Å². The maximum absolute atomic E-state index is 11.4. The highest BCUT2D eigenvalue weighted by molar-refractivity contribution is 5.79. The smallest absolute Gasteiger partial charge is 0.305 e. The third-order valence-electron chi connectivity index (χ3n) is 2.17. The molecule has 0 bridgehead atoms. The van der Waals surface area contributed by atoms with E-state index in [1.165, 1.54) is 24.3 Å². The highest BCUT2D eigenvalue weighted by Crippen LogP contribution is 2.12. The van der Waals surface area contributed by atoms with Crippen LogP contribution in [0, 0.1) is 10.1 Å². The van der Waals surface area contributed by atoms with Crippen LogP contribution in [0.4, 0.5) is 5.69 Å². The van der Waals surface area contributed by atoms with Crippen molar-refractivity contribution in [3.8, 4) is 0 Å². The summed E-state index contributed by atoms with van der Waals surface area (Å²) in [5, 5.41) is 21.2. The van der Waals surface area contributed by atoms with Gasteiger partial charge in [-0.15, -0.1) is 0 Å². The number of benzene rings is 1. The molecule has 0 radical (unpaired) electrons. The number of carbonyl (C=O) groups is 2. The second-order valence-corrected chi connectivity index (χ2v) is 3.59. The summed E-state index contributed by atoms with van der Waals surface area (Å²) in [6, 6.07) is 5.63. The first kappa shape index (κ1) is 13.6. The molecule has 0 saturated heterocycles. The molecule has 7 nitrogen and oxygen atoms in total. The first-order chi connectivity index (χ1) is 8.49. The zero-order chi connectivity index (χ0) is 13.5. The minimum absolute atomic E-state index is 0.0370. The molecule has 0 aliphatic carbocycles. The number of carboxylic acid groups (broad SMARTS) is 1. The lowest BCUT2D eigenvalue weighted by Crippen LogP contribution is -2.27. The molecule has 7 heteroatoms. The Morgan fingerprint density at radius 2 is 1.89 bits per heavy atom. The van der Waals surface area contributed by atoms with Crippen molar-refractivity contribution in [1.82, 2.24) is 5.32 Å². The van der Waals surface area contributed by atoms with Crippen LogP contribution >= 0.6 is 0 Å². The second-order valence-electron chi connectivity index (χ2n) is 3.59. The maximum Gasteiger partial charge on any atom is 0.305 e. The molecule has 0 atom stereocenters. The Labute approximate surface area is 103 Å². The lowest BCUT2D eigenvalue weighted by atomic mass is 10.1. The van der Waals surface area contributed by atoms with Gasteiger partial charge in [-0.1, -0.05) is 12.1 Å². The van der Waals surface area contributed by atoms with Crippen molar-refractivity contribution in [1.29, 1.82) is 0 Å². The summed E-state index contributed by atoms with van der Waals surface area (Å²) in [4.78, 5) is 31.5. The van der Waals surface area contributed by atoms with E-state index in [0.717, 1.165) is 0 Å². The summed E-state index contributed by atoms with van der Waals surface area (Å²) in [7, 11) is 0. The SMILES string of the molecule is O=C(O)CCNC(=O)Cc1ccc([N+](=O)[O-])cc1. The molecule has 0 unspecified atom stereocenters. The number of carboxylic acids is 1. The Morgan fingerprint density at radius 1 is 1.28 bits per heavy atom.